The lowest BCUT2D eigenvalue weighted by molar-refractivity contribution is 0.0994. The van der Waals surface area contributed by atoms with Gasteiger partial charge in [-0.2, -0.15) is 0 Å². The maximum atomic E-state index is 13.9. The standard InChI is InChI=1S/C15H24FNO/c1-6-15(4,5)18-14-8-7-12(9-13(14)16)10-17-11(2)3/h7-9,11,17H,6,10H2,1-5H3. The minimum Gasteiger partial charge on any atom is -0.485 e. The first-order valence-electron chi connectivity index (χ1n) is 6.55. The minimum absolute atomic E-state index is 0.292. The Hall–Kier alpha value is -1.09. The smallest absolute Gasteiger partial charge is 0.165 e. The van der Waals surface area contributed by atoms with Gasteiger partial charge in [-0.15, -0.1) is 0 Å². The third-order valence-corrected chi connectivity index (χ3v) is 2.95. The molecule has 1 N–H and O–H groups in total. The van der Waals surface area contributed by atoms with Crippen LogP contribution < -0.4 is 10.1 Å². The Morgan fingerprint density at radius 2 is 2.00 bits per heavy atom. The van der Waals surface area contributed by atoms with Gasteiger partial charge in [0.05, 0.1) is 0 Å². The molecule has 0 heterocycles. The lowest BCUT2D eigenvalue weighted by Crippen LogP contribution is -2.27. The number of hydrogen-bond acceptors (Lipinski definition) is 2. The van der Waals surface area contributed by atoms with Gasteiger partial charge in [-0.25, -0.2) is 4.39 Å². The van der Waals surface area contributed by atoms with Crippen LogP contribution in [0.5, 0.6) is 5.75 Å². The third-order valence-electron chi connectivity index (χ3n) is 2.95. The van der Waals surface area contributed by atoms with Gasteiger partial charge < -0.3 is 10.1 Å². The molecule has 0 bridgehead atoms. The molecule has 3 heteroatoms. The number of hydrogen-bond donors (Lipinski definition) is 1. The van der Waals surface area contributed by atoms with Crippen LogP contribution in [0.15, 0.2) is 18.2 Å². The zero-order valence-corrected chi connectivity index (χ0v) is 12.0. The average molecular weight is 253 g/mol. The molecule has 18 heavy (non-hydrogen) atoms. The molecule has 0 aliphatic heterocycles. The Bertz CT molecular complexity index is 388. The Balaban J connectivity index is 2.73. The van der Waals surface area contributed by atoms with Gasteiger partial charge in [0, 0.05) is 12.6 Å². The summed E-state index contributed by atoms with van der Waals surface area (Å²) >= 11 is 0. The van der Waals surface area contributed by atoms with E-state index in [0.717, 1.165) is 12.0 Å². The number of halogens is 1. The van der Waals surface area contributed by atoms with E-state index in [9.17, 15) is 4.39 Å². The summed E-state index contributed by atoms with van der Waals surface area (Å²) in [4.78, 5) is 0. The lowest BCUT2D eigenvalue weighted by Gasteiger charge is -2.25. The summed E-state index contributed by atoms with van der Waals surface area (Å²) in [5, 5.41) is 3.26. The van der Waals surface area contributed by atoms with E-state index in [2.05, 4.69) is 19.2 Å². The molecule has 0 saturated carbocycles. The van der Waals surface area contributed by atoms with Gasteiger partial charge in [0.2, 0.25) is 0 Å². The van der Waals surface area contributed by atoms with Gasteiger partial charge in [0.15, 0.2) is 11.6 Å². The van der Waals surface area contributed by atoms with Crippen molar-refractivity contribution >= 4 is 0 Å². The van der Waals surface area contributed by atoms with Crippen molar-refractivity contribution in [2.24, 2.45) is 0 Å². The minimum atomic E-state index is -0.335. The van der Waals surface area contributed by atoms with Crippen molar-refractivity contribution in [3.05, 3.63) is 29.6 Å². The van der Waals surface area contributed by atoms with Crippen molar-refractivity contribution in [3.8, 4) is 5.75 Å². The molecule has 102 valence electrons. The molecular formula is C15H24FNO. The van der Waals surface area contributed by atoms with Gasteiger partial charge in [-0.1, -0.05) is 26.8 Å². The van der Waals surface area contributed by atoms with Crippen molar-refractivity contribution in [1.82, 2.24) is 5.32 Å². The average Bonchev–Trinajstić information content (AvgIpc) is 2.29. The molecule has 0 unspecified atom stereocenters. The van der Waals surface area contributed by atoms with Crippen molar-refractivity contribution in [1.29, 1.82) is 0 Å². The molecule has 0 aromatic heterocycles. The van der Waals surface area contributed by atoms with Crippen LogP contribution in [0.25, 0.3) is 0 Å². The van der Waals surface area contributed by atoms with Crippen LogP contribution in [0.2, 0.25) is 0 Å². The quantitative estimate of drug-likeness (QED) is 0.830. The highest BCUT2D eigenvalue weighted by Crippen LogP contribution is 2.24. The van der Waals surface area contributed by atoms with Crippen molar-refractivity contribution in [2.45, 2.75) is 59.2 Å². The predicted octanol–water partition coefficient (Wildman–Crippen LogP) is 3.89. The maximum absolute atomic E-state index is 13.9. The first-order valence-corrected chi connectivity index (χ1v) is 6.55. The second-order valence-electron chi connectivity index (χ2n) is 5.52. The molecule has 1 aromatic carbocycles. The van der Waals surface area contributed by atoms with Gasteiger partial charge in [0.1, 0.15) is 5.60 Å². The first-order chi connectivity index (χ1) is 8.34. The third kappa shape index (κ3) is 4.65. The number of benzene rings is 1. The topological polar surface area (TPSA) is 21.3 Å². The van der Waals surface area contributed by atoms with Crippen molar-refractivity contribution in [3.63, 3.8) is 0 Å². The molecule has 0 atom stereocenters. The molecule has 0 aliphatic rings. The summed E-state index contributed by atoms with van der Waals surface area (Å²) in [7, 11) is 0. The normalized spacial score (nSPS) is 11.9. The summed E-state index contributed by atoms with van der Waals surface area (Å²) in [6, 6.07) is 5.54. The monoisotopic (exact) mass is 253 g/mol. The molecule has 0 aliphatic carbocycles. The summed E-state index contributed by atoms with van der Waals surface area (Å²) in [5.41, 5.74) is 0.598. The van der Waals surface area contributed by atoms with E-state index in [4.69, 9.17) is 4.74 Å². The second-order valence-corrected chi connectivity index (χ2v) is 5.52. The molecule has 0 spiro atoms. The predicted molar refractivity (Wildman–Crippen MR) is 73.4 cm³/mol. The highest BCUT2D eigenvalue weighted by molar-refractivity contribution is 5.29. The largest absolute Gasteiger partial charge is 0.485 e. The summed E-state index contributed by atoms with van der Waals surface area (Å²) in [5.74, 6) is 0.0368. The van der Waals surface area contributed by atoms with E-state index in [0.29, 0.717) is 18.3 Å². The molecule has 2 nitrogen and oxygen atoms in total. The Labute approximate surface area is 110 Å². The Kier molecular flexibility index (Phi) is 5.15. The molecule has 1 rings (SSSR count). The summed E-state index contributed by atoms with van der Waals surface area (Å²) in [6.45, 7) is 10.8. The van der Waals surface area contributed by atoms with Crippen LogP contribution in [-0.4, -0.2) is 11.6 Å². The molecular weight excluding hydrogens is 229 g/mol. The zero-order chi connectivity index (χ0) is 13.8. The maximum Gasteiger partial charge on any atom is 0.165 e. The Morgan fingerprint density at radius 1 is 1.33 bits per heavy atom. The van der Waals surface area contributed by atoms with E-state index >= 15 is 0 Å². The van der Waals surface area contributed by atoms with Crippen LogP contribution in [0.3, 0.4) is 0 Å². The molecule has 1 aromatic rings. The fourth-order valence-corrected chi connectivity index (χ4v) is 1.43. The van der Waals surface area contributed by atoms with E-state index in [1.165, 1.54) is 6.07 Å². The van der Waals surface area contributed by atoms with Crippen LogP contribution >= 0.6 is 0 Å². The molecule has 0 radical (unpaired) electrons. The van der Waals surface area contributed by atoms with Crippen LogP contribution in [0.1, 0.15) is 46.6 Å². The molecule has 0 saturated heterocycles. The van der Waals surface area contributed by atoms with Gasteiger partial charge in [-0.3, -0.25) is 0 Å². The highest BCUT2D eigenvalue weighted by atomic mass is 19.1. The van der Waals surface area contributed by atoms with E-state index in [1.807, 2.05) is 26.8 Å². The SMILES string of the molecule is CCC(C)(C)Oc1ccc(CNC(C)C)cc1F. The number of nitrogens with one attached hydrogen (secondary N) is 1. The van der Waals surface area contributed by atoms with Gasteiger partial charge >= 0.3 is 0 Å². The zero-order valence-electron chi connectivity index (χ0n) is 12.0. The van der Waals surface area contributed by atoms with Crippen LogP contribution in [0.4, 0.5) is 4.39 Å². The first kappa shape index (κ1) is 15.0. The van der Waals surface area contributed by atoms with E-state index in [1.54, 1.807) is 6.07 Å². The number of ether oxygens (including phenoxy) is 1. The lowest BCUT2D eigenvalue weighted by atomic mass is 10.1. The Morgan fingerprint density at radius 3 is 2.50 bits per heavy atom. The van der Waals surface area contributed by atoms with Crippen molar-refractivity contribution < 1.29 is 9.13 Å². The van der Waals surface area contributed by atoms with E-state index in [-0.39, 0.29) is 11.4 Å². The second kappa shape index (κ2) is 6.19. The van der Waals surface area contributed by atoms with Gasteiger partial charge in [-0.05, 0) is 38.0 Å². The molecule has 0 fully saturated rings. The highest BCUT2D eigenvalue weighted by Gasteiger charge is 2.18. The van der Waals surface area contributed by atoms with E-state index < -0.39 is 0 Å². The van der Waals surface area contributed by atoms with Crippen LogP contribution in [-0.2, 0) is 6.54 Å². The fourth-order valence-electron chi connectivity index (χ4n) is 1.43. The molecule has 0 amide bonds. The van der Waals surface area contributed by atoms with Crippen LogP contribution in [0, 0.1) is 5.82 Å². The summed E-state index contributed by atoms with van der Waals surface area (Å²) in [6.07, 6.45) is 0.836. The number of rotatable bonds is 6. The van der Waals surface area contributed by atoms with Crippen molar-refractivity contribution in [2.75, 3.05) is 0 Å². The van der Waals surface area contributed by atoms with Gasteiger partial charge in [0.25, 0.3) is 0 Å². The fraction of sp³-hybridized carbons (Fsp3) is 0.600. The summed E-state index contributed by atoms with van der Waals surface area (Å²) < 4.78 is 19.6.